The summed E-state index contributed by atoms with van der Waals surface area (Å²) in [6, 6.07) is 8.94. The van der Waals surface area contributed by atoms with Crippen LogP contribution in [0.15, 0.2) is 42.7 Å². The van der Waals surface area contributed by atoms with Gasteiger partial charge in [-0.2, -0.15) is 4.39 Å². The monoisotopic (exact) mass is 335 g/mol. The molecule has 126 valence electrons. The Kier molecular flexibility index (Phi) is 3.60. The second kappa shape index (κ2) is 5.81. The van der Waals surface area contributed by atoms with Crippen LogP contribution in [0.5, 0.6) is 0 Å². The maximum atomic E-state index is 13.4. The summed E-state index contributed by atoms with van der Waals surface area (Å²) < 4.78 is 17.5. The third-order valence-corrected chi connectivity index (χ3v) is 4.36. The van der Waals surface area contributed by atoms with Gasteiger partial charge in [-0.05, 0) is 50.6 Å². The van der Waals surface area contributed by atoms with Crippen LogP contribution in [0.4, 0.5) is 4.39 Å². The molecule has 0 aromatic carbocycles. The fourth-order valence-corrected chi connectivity index (χ4v) is 3.27. The fourth-order valence-electron chi connectivity index (χ4n) is 3.27. The first kappa shape index (κ1) is 15.5. The Morgan fingerprint density at radius 3 is 2.72 bits per heavy atom. The molecule has 4 rings (SSSR count). The van der Waals surface area contributed by atoms with E-state index in [1.807, 2.05) is 10.8 Å². The smallest absolute Gasteiger partial charge is 0.213 e. The average Bonchev–Trinajstić information content (AvgIpc) is 3.13. The molecule has 4 aromatic heterocycles. The van der Waals surface area contributed by atoms with Crippen LogP contribution in [0.2, 0.25) is 0 Å². The van der Waals surface area contributed by atoms with Crippen LogP contribution in [0.1, 0.15) is 22.6 Å². The first-order valence-corrected chi connectivity index (χ1v) is 8.12. The van der Waals surface area contributed by atoms with Crippen molar-refractivity contribution in [1.82, 2.24) is 23.9 Å². The van der Waals surface area contributed by atoms with Gasteiger partial charge in [0.25, 0.3) is 0 Å². The zero-order valence-corrected chi connectivity index (χ0v) is 14.4. The third kappa shape index (κ3) is 2.69. The number of aryl methyl sites for hydroxylation is 3. The number of fused-ring (bicyclic) bond motifs is 1. The van der Waals surface area contributed by atoms with Gasteiger partial charge in [0.15, 0.2) is 5.82 Å². The Labute approximate surface area is 144 Å². The van der Waals surface area contributed by atoms with Crippen molar-refractivity contribution < 1.29 is 4.39 Å². The highest BCUT2D eigenvalue weighted by molar-refractivity contribution is 5.51. The van der Waals surface area contributed by atoms with Crippen LogP contribution in [0, 0.1) is 26.7 Å². The molecule has 4 aromatic rings. The van der Waals surface area contributed by atoms with Gasteiger partial charge in [0.2, 0.25) is 5.95 Å². The largest absolute Gasteiger partial charge is 0.324 e. The molecule has 0 radical (unpaired) electrons. The lowest BCUT2D eigenvalue weighted by Gasteiger charge is -2.07. The van der Waals surface area contributed by atoms with Crippen molar-refractivity contribution in [3.8, 4) is 11.5 Å². The number of halogens is 1. The molecule has 4 heterocycles. The molecule has 0 bridgehead atoms. The lowest BCUT2D eigenvalue weighted by molar-refractivity contribution is 0.584. The van der Waals surface area contributed by atoms with E-state index >= 15 is 0 Å². The summed E-state index contributed by atoms with van der Waals surface area (Å²) in [4.78, 5) is 13.1. The molecule has 0 N–H and O–H groups in total. The summed E-state index contributed by atoms with van der Waals surface area (Å²) in [7, 11) is 0. The van der Waals surface area contributed by atoms with E-state index in [-0.39, 0.29) is 0 Å². The van der Waals surface area contributed by atoms with Gasteiger partial charge in [-0.3, -0.25) is 0 Å². The minimum atomic E-state index is -0.512. The number of nitrogens with zero attached hydrogens (tertiary/aromatic N) is 5. The summed E-state index contributed by atoms with van der Waals surface area (Å²) in [5.74, 6) is 0.117. The van der Waals surface area contributed by atoms with Crippen LogP contribution in [0.25, 0.3) is 17.2 Å². The average molecular weight is 335 g/mol. The Hall–Kier alpha value is -3.02. The Bertz CT molecular complexity index is 1080. The lowest BCUT2D eigenvalue weighted by Crippen LogP contribution is -2.04. The van der Waals surface area contributed by atoms with E-state index in [2.05, 4.69) is 47.3 Å². The second-order valence-electron chi connectivity index (χ2n) is 6.24. The first-order valence-electron chi connectivity index (χ1n) is 8.12. The van der Waals surface area contributed by atoms with Gasteiger partial charge in [-0.1, -0.05) is 6.07 Å². The summed E-state index contributed by atoms with van der Waals surface area (Å²) in [6.45, 7) is 6.77. The number of rotatable bonds is 3. The summed E-state index contributed by atoms with van der Waals surface area (Å²) in [5, 5.41) is 0. The van der Waals surface area contributed by atoms with E-state index in [0.717, 1.165) is 22.7 Å². The predicted octanol–water partition coefficient (Wildman–Crippen LogP) is 3.71. The van der Waals surface area contributed by atoms with Crippen LogP contribution in [0.3, 0.4) is 0 Å². The normalized spacial score (nSPS) is 11.4. The van der Waals surface area contributed by atoms with E-state index in [1.165, 1.54) is 11.6 Å². The van der Waals surface area contributed by atoms with Gasteiger partial charge in [0.1, 0.15) is 11.3 Å². The molecule has 0 saturated heterocycles. The number of imidazole rings is 2. The van der Waals surface area contributed by atoms with Crippen molar-refractivity contribution in [2.75, 3.05) is 0 Å². The number of hydrogen-bond acceptors (Lipinski definition) is 3. The highest BCUT2D eigenvalue weighted by atomic mass is 19.1. The molecule has 0 aliphatic carbocycles. The maximum absolute atomic E-state index is 13.4. The Morgan fingerprint density at radius 2 is 1.92 bits per heavy atom. The summed E-state index contributed by atoms with van der Waals surface area (Å²) in [5.41, 5.74) is 5.86. The molecule has 6 heteroatoms. The van der Waals surface area contributed by atoms with Gasteiger partial charge < -0.3 is 8.97 Å². The van der Waals surface area contributed by atoms with Gasteiger partial charge in [-0.15, -0.1) is 0 Å². The molecular weight excluding hydrogens is 317 g/mol. The van der Waals surface area contributed by atoms with Crippen LogP contribution >= 0.6 is 0 Å². The number of hydrogen-bond donors (Lipinski definition) is 0. The van der Waals surface area contributed by atoms with E-state index in [4.69, 9.17) is 4.98 Å². The summed E-state index contributed by atoms with van der Waals surface area (Å²) in [6.07, 6.45) is 3.56. The summed E-state index contributed by atoms with van der Waals surface area (Å²) >= 11 is 0. The molecule has 0 saturated carbocycles. The van der Waals surface area contributed by atoms with E-state index in [0.29, 0.717) is 18.1 Å². The first-order chi connectivity index (χ1) is 12.0. The highest BCUT2D eigenvalue weighted by Crippen LogP contribution is 2.20. The van der Waals surface area contributed by atoms with Crippen molar-refractivity contribution in [3.05, 3.63) is 71.3 Å². The minimum Gasteiger partial charge on any atom is -0.324 e. The maximum Gasteiger partial charge on any atom is 0.213 e. The third-order valence-electron chi connectivity index (χ3n) is 4.36. The molecule has 5 nitrogen and oxygen atoms in total. The van der Waals surface area contributed by atoms with Crippen molar-refractivity contribution >= 4 is 5.65 Å². The second-order valence-corrected chi connectivity index (χ2v) is 6.24. The van der Waals surface area contributed by atoms with Crippen molar-refractivity contribution in [2.24, 2.45) is 0 Å². The lowest BCUT2D eigenvalue weighted by atomic mass is 10.2. The molecule has 0 aliphatic heterocycles. The highest BCUT2D eigenvalue weighted by Gasteiger charge is 2.14. The molecule has 0 aliphatic rings. The zero-order valence-electron chi connectivity index (χ0n) is 14.4. The quantitative estimate of drug-likeness (QED) is 0.536. The molecule has 0 spiro atoms. The molecular formula is C19H18FN5. The van der Waals surface area contributed by atoms with Gasteiger partial charge in [-0.25, -0.2) is 15.0 Å². The fraction of sp³-hybridized carbons (Fsp3) is 0.211. The van der Waals surface area contributed by atoms with Crippen LogP contribution < -0.4 is 0 Å². The van der Waals surface area contributed by atoms with Gasteiger partial charge in [0, 0.05) is 23.8 Å². The SMILES string of the molecule is Cc1cc(C)n2c(C)c(Cn3ccnc3-c3cccc(F)n3)nc2c1. The topological polar surface area (TPSA) is 48.0 Å². The number of aromatic nitrogens is 5. The van der Waals surface area contributed by atoms with E-state index in [1.54, 1.807) is 18.3 Å². The minimum absolute atomic E-state index is 0.512. The molecule has 0 amide bonds. The van der Waals surface area contributed by atoms with Crippen molar-refractivity contribution in [2.45, 2.75) is 27.3 Å². The zero-order chi connectivity index (χ0) is 17.6. The molecule has 0 atom stereocenters. The van der Waals surface area contributed by atoms with E-state index in [9.17, 15) is 4.39 Å². The van der Waals surface area contributed by atoms with Crippen molar-refractivity contribution in [1.29, 1.82) is 0 Å². The molecule has 0 unspecified atom stereocenters. The molecule has 0 fully saturated rings. The van der Waals surface area contributed by atoms with Crippen LogP contribution in [-0.2, 0) is 6.54 Å². The van der Waals surface area contributed by atoms with E-state index < -0.39 is 5.95 Å². The van der Waals surface area contributed by atoms with Crippen molar-refractivity contribution in [3.63, 3.8) is 0 Å². The van der Waals surface area contributed by atoms with Gasteiger partial charge in [0.05, 0.1) is 12.2 Å². The Balaban J connectivity index is 1.77. The predicted molar refractivity (Wildman–Crippen MR) is 93.9 cm³/mol. The standard InChI is InChI=1S/C19H18FN5/c1-12-9-13(2)25-14(3)16(23-18(25)10-12)11-24-8-7-21-19(24)15-5-4-6-17(20)22-15/h4-10H,11H2,1-3H3. The van der Waals surface area contributed by atoms with Gasteiger partial charge >= 0.3 is 0 Å². The number of pyridine rings is 2. The van der Waals surface area contributed by atoms with Crippen LogP contribution in [-0.4, -0.2) is 23.9 Å². The Morgan fingerprint density at radius 1 is 1.08 bits per heavy atom. The molecule has 25 heavy (non-hydrogen) atoms.